The lowest BCUT2D eigenvalue weighted by Gasteiger charge is -2.37. The van der Waals surface area contributed by atoms with E-state index in [4.69, 9.17) is 9.47 Å². The van der Waals surface area contributed by atoms with E-state index in [1.807, 2.05) is 6.07 Å². The number of ether oxygens (including phenoxy) is 2. The van der Waals surface area contributed by atoms with Gasteiger partial charge in [-0.2, -0.15) is 5.10 Å². The molecular formula is C24H38N4O2. The zero-order chi connectivity index (χ0) is 21.5. The number of nitrogens with zero attached hydrogens (tertiary/aromatic N) is 4. The summed E-state index contributed by atoms with van der Waals surface area (Å²) >= 11 is 0. The van der Waals surface area contributed by atoms with E-state index in [1.165, 1.54) is 36.2 Å². The van der Waals surface area contributed by atoms with E-state index in [0.29, 0.717) is 6.04 Å². The molecule has 3 rings (SSSR count). The second-order valence-electron chi connectivity index (χ2n) is 8.43. The Bertz CT molecular complexity index is 804. The van der Waals surface area contributed by atoms with Crippen molar-refractivity contribution in [3.05, 3.63) is 41.2 Å². The van der Waals surface area contributed by atoms with Gasteiger partial charge in [0.25, 0.3) is 0 Å². The topological polar surface area (TPSA) is 42.8 Å². The fourth-order valence-corrected chi connectivity index (χ4v) is 4.38. The molecule has 1 saturated heterocycles. The Labute approximate surface area is 181 Å². The molecule has 0 bridgehead atoms. The van der Waals surface area contributed by atoms with E-state index in [2.05, 4.69) is 58.8 Å². The van der Waals surface area contributed by atoms with Crippen LogP contribution in [0.3, 0.4) is 0 Å². The standard InChI is InChI=1S/C24H38N4O2/c1-6-12-28-19(2)21(16-25-28)17-27-13-7-8-22(18-27)26(3)14-11-20-9-10-23(29-4)24(15-20)30-5/h9-10,15-16,22H,6-8,11-14,17-18H2,1-5H3. The zero-order valence-corrected chi connectivity index (χ0v) is 19.4. The number of aromatic nitrogens is 2. The number of hydrogen-bond acceptors (Lipinski definition) is 5. The van der Waals surface area contributed by atoms with Crippen molar-refractivity contribution in [3.63, 3.8) is 0 Å². The van der Waals surface area contributed by atoms with E-state index >= 15 is 0 Å². The minimum absolute atomic E-state index is 0.602. The van der Waals surface area contributed by atoms with Crippen molar-refractivity contribution in [2.45, 2.75) is 58.7 Å². The van der Waals surface area contributed by atoms with Crippen molar-refractivity contribution >= 4 is 0 Å². The molecule has 1 aliphatic rings. The first-order chi connectivity index (χ1) is 14.5. The molecule has 0 N–H and O–H groups in total. The Hall–Kier alpha value is -2.05. The summed E-state index contributed by atoms with van der Waals surface area (Å²) in [5.74, 6) is 1.59. The molecular weight excluding hydrogens is 376 g/mol. The van der Waals surface area contributed by atoms with Crippen LogP contribution in [0.5, 0.6) is 11.5 Å². The van der Waals surface area contributed by atoms with Crippen LogP contribution in [-0.4, -0.2) is 66.5 Å². The zero-order valence-electron chi connectivity index (χ0n) is 19.4. The van der Waals surface area contributed by atoms with Crippen molar-refractivity contribution in [1.29, 1.82) is 0 Å². The van der Waals surface area contributed by atoms with Gasteiger partial charge in [-0.25, -0.2) is 0 Å². The first-order valence-electron chi connectivity index (χ1n) is 11.2. The molecule has 0 spiro atoms. The smallest absolute Gasteiger partial charge is 0.160 e. The first-order valence-corrected chi connectivity index (χ1v) is 11.2. The Morgan fingerprint density at radius 1 is 1.20 bits per heavy atom. The van der Waals surface area contributed by atoms with E-state index in [9.17, 15) is 0 Å². The number of benzene rings is 1. The summed E-state index contributed by atoms with van der Waals surface area (Å²) in [5, 5.41) is 4.57. The molecule has 2 aromatic rings. The summed E-state index contributed by atoms with van der Waals surface area (Å²) in [6, 6.07) is 6.83. The van der Waals surface area contributed by atoms with Gasteiger partial charge in [0.15, 0.2) is 11.5 Å². The van der Waals surface area contributed by atoms with Crippen LogP contribution in [0.25, 0.3) is 0 Å². The van der Waals surface area contributed by atoms with Crippen LogP contribution in [0.4, 0.5) is 0 Å². The maximum absolute atomic E-state index is 5.45. The molecule has 6 nitrogen and oxygen atoms in total. The van der Waals surface area contributed by atoms with Crippen LogP contribution in [-0.2, 0) is 19.5 Å². The third-order valence-corrected chi connectivity index (χ3v) is 6.34. The number of rotatable bonds is 10. The van der Waals surface area contributed by atoms with Gasteiger partial charge in [-0.15, -0.1) is 0 Å². The fraction of sp³-hybridized carbons (Fsp3) is 0.625. The van der Waals surface area contributed by atoms with Gasteiger partial charge in [-0.1, -0.05) is 13.0 Å². The Balaban J connectivity index is 1.53. The summed E-state index contributed by atoms with van der Waals surface area (Å²) in [6.07, 6.45) is 6.73. The summed E-state index contributed by atoms with van der Waals surface area (Å²) < 4.78 is 12.9. The third kappa shape index (κ3) is 5.55. The van der Waals surface area contributed by atoms with Crippen LogP contribution < -0.4 is 9.47 Å². The molecule has 0 radical (unpaired) electrons. The second kappa shape index (κ2) is 10.8. The van der Waals surface area contributed by atoms with Crippen molar-refractivity contribution in [3.8, 4) is 11.5 Å². The molecule has 6 heteroatoms. The number of piperidine rings is 1. The number of aryl methyl sites for hydroxylation is 1. The van der Waals surface area contributed by atoms with Gasteiger partial charge in [-0.05, 0) is 63.9 Å². The van der Waals surface area contributed by atoms with Gasteiger partial charge >= 0.3 is 0 Å². The molecule has 2 heterocycles. The highest BCUT2D eigenvalue weighted by molar-refractivity contribution is 5.42. The Kier molecular flexibility index (Phi) is 8.16. The van der Waals surface area contributed by atoms with Gasteiger partial charge in [0.1, 0.15) is 0 Å². The fourth-order valence-electron chi connectivity index (χ4n) is 4.38. The van der Waals surface area contributed by atoms with Gasteiger partial charge in [0.05, 0.1) is 20.4 Å². The predicted octanol–water partition coefficient (Wildman–Crippen LogP) is 3.76. The van der Waals surface area contributed by atoms with Gasteiger partial charge in [0.2, 0.25) is 0 Å². The monoisotopic (exact) mass is 414 g/mol. The van der Waals surface area contributed by atoms with Crippen molar-refractivity contribution in [2.75, 3.05) is 40.9 Å². The lowest BCUT2D eigenvalue weighted by molar-refractivity contribution is 0.112. The highest BCUT2D eigenvalue weighted by Gasteiger charge is 2.24. The molecule has 0 saturated carbocycles. The highest BCUT2D eigenvalue weighted by Crippen LogP contribution is 2.28. The minimum Gasteiger partial charge on any atom is -0.493 e. The van der Waals surface area contributed by atoms with Gasteiger partial charge in [-0.3, -0.25) is 9.58 Å². The van der Waals surface area contributed by atoms with Crippen LogP contribution in [0.2, 0.25) is 0 Å². The lowest BCUT2D eigenvalue weighted by atomic mass is 10.0. The van der Waals surface area contributed by atoms with E-state index in [0.717, 1.165) is 50.5 Å². The molecule has 1 unspecified atom stereocenters. The average Bonchev–Trinajstić information content (AvgIpc) is 3.11. The highest BCUT2D eigenvalue weighted by atomic mass is 16.5. The number of hydrogen-bond donors (Lipinski definition) is 0. The molecule has 1 aliphatic heterocycles. The number of methoxy groups -OCH3 is 2. The predicted molar refractivity (Wildman–Crippen MR) is 121 cm³/mol. The maximum Gasteiger partial charge on any atom is 0.160 e. The van der Waals surface area contributed by atoms with E-state index < -0.39 is 0 Å². The Morgan fingerprint density at radius 2 is 2.00 bits per heavy atom. The summed E-state index contributed by atoms with van der Waals surface area (Å²) in [7, 11) is 5.63. The van der Waals surface area contributed by atoms with Gasteiger partial charge < -0.3 is 14.4 Å². The third-order valence-electron chi connectivity index (χ3n) is 6.34. The minimum atomic E-state index is 0.602. The molecule has 0 amide bonds. The maximum atomic E-state index is 5.45. The second-order valence-corrected chi connectivity index (χ2v) is 8.43. The summed E-state index contributed by atoms with van der Waals surface area (Å²) in [5.41, 5.74) is 3.98. The van der Waals surface area contributed by atoms with Crippen LogP contribution in [0.15, 0.2) is 24.4 Å². The molecule has 1 fully saturated rings. The Morgan fingerprint density at radius 3 is 2.73 bits per heavy atom. The summed E-state index contributed by atoms with van der Waals surface area (Å²) in [4.78, 5) is 5.12. The molecule has 166 valence electrons. The molecule has 1 aromatic carbocycles. The van der Waals surface area contributed by atoms with E-state index in [1.54, 1.807) is 14.2 Å². The van der Waals surface area contributed by atoms with Crippen molar-refractivity contribution < 1.29 is 9.47 Å². The number of likely N-dealkylation sites (N-methyl/N-ethyl adjacent to an activating group) is 1. The van der Waals surface area contributed by atoms with Crippen molar-refractivity contribution in [1.82, 2.24) is 19.6 Å². The summed E-state index contributed by atoms with van der Waals surface area (Å²) in [6.45, 7) is 9.77. The van der Waals surface area contributed by atoms with E-state index in [-0.39, 0.29) is 0 Å². The molecule has 30 heavy (non-hydrogen) atoms. The molecule has 0 aliphatic carbocycles. The molecule has 1 atom stereocenters. The largest absolute Gasteiger partial charge is 0.493 e. The SMILES string of the molecule is CCCn1ncc(CN2CCCC(N(C)CCc3ccc(OC)c(OC)c3)C2)c1C. The average molecular weight is 415 g/mol. The van der Waals surface area contributed by atoms with Gasteiger partial charge in [0, 0.05) is 43.5 Å². The van der Waals surface area contributed by atoms with Crippen molar-refractivity contribution in [2.24, 2.45) is 0 Å². The van der Waals surface area contributed by atoms with Crippen LogP contribution in [0, 0.1) is 6.92 Å². The normalized spacial score (nSPS) is 17.5. The number of likely N-dealkylation sites (tertiary alicyclic amines) is 1. The van der Waals surface area contributed by atoms with Crippen LogP contribution >= 0.6 is 0 Å². The quantitative estimate of drug-likeness (QED) is 0.592. The van der Waals surface area contributed by atoms with Crippen LogP contribution in [0.1, 0.15) is 43.0 Å². The lowest BCUT2D eigenvalue weighted by Crippen LogP contribution is -2.46. The first kappa shape index (κ1) is 22.6. The molecule has 1 aromatic heterocycles.